The van der Waals surface area contributed by atoms with E-state index in [2.05, 4.69) is 29.6 Å². The number of sulfonamides is 1. The predicted molar refractivity (Wildman–Crippen MR) is 104 cm³/mol. The van der Waals surface area contributed by atoms with Crippen LogP contribution in [0.2, 0.25) is 0 Å². The number of hydrogen-bond donors (Lipinski definition) is 1. The van der Waals surface area contributed by atoms with E-state index in [0.717, 1.165) is 44.9 Å². The van der Waals surface area contributed by atoms with Crippen molar-refractivity contribution < 1.29 is 13.2 Å². The predicted octanol–water partition coefficient (Wildman–Crippen LogP) is 2.67. The van der Waals surface area contributed by atoms with Crippen molar-refractivity contribution in [1.82, 2.24) is 9.62 Å². The van der Waals surface area contributed by atoms with Gasteiger partial charge in [-0.05, 0) is 67.4 Å². The Morgan fingerprint density at radius 3 is 2.48 bits per heavy atom. The van der Waals surface area contributed by atoms with Crippen molar-refractivity contribution in [3.8, 4) is 0 Å². The number of hydrogen-bond acceptors (Lipinski definition) is 3. The highest BCUT2D eigenvalue weighted by atomic mass is 32.2. The summed E-state index contributed by atoms with van der Waals surface area (Å²) in [5, 5.41) is 3.00. The van der Waals surface area contributed by atoms with Gasteiger partial charge in [0.2, 0.25) is 15.9 Å². The highest BCUT2D eigenvalue weighted by Gasteiger charge is 2.49. The van der Waals surface area contributed by atoms with Crippen molar-refractivity contribution in [2.45, 2.75) is 74.0 Å². The van der Waals surface area contributed by atoms with E-state index in [-0.39, 0.29) is 22.5 Å². The van der Waals surface area contributed by atoms with Gasteiger partial charge in [0, 0.05) is 25.6 Å². The maximum absolute atomic E-state index is 12.6. The van der Waals surface area contributed by atoms with Crippen LogP contribution in [0.1, 0.15) is 68.4 Å². The first-order valence-electron chi connectivity index (χ1n) is 10.4. The molecular formula is C21H28N2O3S. The number of nitrogens with zero attached hydrogens (tertiary/aromatic N) is 1. The summed E-state index contributed by atoms with van der Waals surface area (Å²) < 4.78 is 26.9. The normalized spacial score (nSPS) is 27.5. The van der Waals surface area contributed by atoms with Crippen LogP contribution in [0.15, 0.2) is 24.3 Å². The van der Waals surface area contributed by atoms with Crippen LogP contribution < -0.4 is 5.32 Å². The van der Waals surface area contributed by atoms with E-state index >= 15 is 0 Å². The molecule has 0 aromatic heterocycles. The zero-order valence-corrected chi connectivity index (χ0v) is 16.5. The lowest BCUT2D eigenvalue weighted by atomic mass is 9.73. The molecule has 1 aliphatic heterocycles. The molecule has 1 aromatic carbocycles. The average Bonchev–Trinajstić information content (AvgIpc) is 3.56. The summed E-state index contributed by atoms with van der Waals surface area (Å²) in [6, 6.07) is 8.93. The third-order valence-corrected chi connectivity index (χ3v) is 9.37. The second kappa shape index (κ2) is 6.31. The van der Waals surface area contributed by atoms with Crippen molar-refractivity contribution in [1.29, 1.82) is 0 Å². The fraction of sp³-hybridized carbons (Fsp3) is 0.667. The number of benzene rings is 1. The Kier molecular flexibility index (Phi) is 4.13. The average molecular weight is 389 g/mol. The van der Waals surface area contributed by atoms with Gasteiger partial charge >= 0.3 is 0 Å². The van der Waals surface area contributed by atoms with Gasteiger partial charge < -0.3 is 5.32 Å². The Morgan fingerprint density at radius 1 is 1.11 bits per heavy atom. The van der Waals surface area contributed by atoms with Gasteiger partial charge in [-0.2, -0.15) is 0 Å². The molecule has 1 unspecified atom stereocenters. The van der Waals surface area contributed by atoms with Crippen molar-refractivity contribution >= 4 is 15.9 Å². The van der Waals surface area contributed by atoms with Crippen LogP contribution in [0.5, 0.6) is 0 Å². The fourth-order valence-electron chi connectivity index (χ4n) is 5.17. The van der Waals surface area contributed by atoms with Gasteiger partial charge in [-0.1, -0.05) is 24.3 Å². The van der Waals surface area contributed by atoms with Crippen LogP contribution in [0, 0.1) is 0 Å². The molecule has 3 aliphatic carbocycles. The molecule has 5 nitrogen and oxygen atoms in total. The van der Waals surface area contributed by atoms with Gasteiger partial charge in [-0.15, -0.1) is 0 Å². The number of carbonyl (C=O) groups excluding carboxylic acids is 1. The third kappa shape index (κ3) is 3.21. The minimum Gasteiger partial charge on any atom is -0.353 e. The van der Waals surface area contributed by atoms with Crippen LogP contribution in [-0.2, 0) is 20.2 Å². The number of nitrogens with one attached hydrogen (secondary N) is 1. The molecule has 0 radical (unpaired) electrons. The summed E-state index contributed by atoms with van der Waals surface area (Å²) >= 11 is 0. The van der Waals surface area contributed by atoms with Crippen molar-refractivity contribution in [2.75, 3.05) is 13.1 Å². The lowest BCUT2D eigenvalue weighted by molar-refractivity contribution is -0.121. The molecule has 4 aliphatic rings. The minimum atomic E-state index is -3.08. The SMILES string of the molecule is O=C(CC1CC2(CCN(S(=O)(=O)C3CC3)CC2)c2ccccc21)NC1CC1. The lowest BCUT2D eigenvalue weighted by Gasteiger charge is -2.40. The van der Waals surface area contributed by atoms with Gasteiger partial charge in [-0.25, -0.2) is 12.7 Å². The van der Waals surface area contributed by atoms with Crippen LogP contribution >= 0.6 is 0 Å². The first-order valence-corrected chi connectivity index (χ1v) is 11.9. The van der Waals surface area contributed by atoms with E-state index in [1.165, 1.54) is 11.1 Å². The first-order chi connectivity index (χ1) is 13.0. The molecule has 1 saturated heterocycles. The number of piperidine rings is 1. The maximum Gasteiger partial charge on any atom is 0.220 e. The summed E-state index contributed by atoms with van der Waals surface area (Å²) in [6.45, 7) is 1.24. The molecule has 1 amide bonds. The third-order valence-electron chi connectivity index (χ3n) is 6.97. The molecule has 5 rings (SSSR count). The van der Waals surface area contributed by atoms with Gasteiger partial charge in [0.25, 0.3) is 0 Å². The minimum absolute atomic E-state index is 0.0384. The van der Waals surface area contributed by atoms with E-state index in [1.54, 1.807) is 4.31 Å². The molecule has 27 heavy (non-hydrogen) atoms. The molecule has 2 saturated carbocycles. The van der Waals surface area contributed by atoms with Crippen molar-refractivity contribution in [3.05, 3.63) is 35.4 Å². The van der Waals surface area contributed by atoms with Gasteiger partial charge in [0.15, 0.2) is 0 Å². The van der Waals surface area contributed by atoms with Crippen LogP contribution in [0.3, 0.4) is 0 Å². The molecule has 1 aromatic rings. The van der Waals surface area contributed by atoms with Gasteiger partial charge in [-0.3, -0.25) is 4.79 Å². The van der Waals surface area contributed by atoms with E-state index in [0.29, 0.717) is 25.6 Å². The molecule has 6 heteroatoms. The number of rotatable bonds is 5. The lowest BCUT2D eigenvalue weighted by Crippen LogP contribution is -2.45. The molecule has 1 atom stereocenters. The monoisotopic (exact) mass is 388 g/mol. The fourth-order valence-corrected chi connectivity index (χ4v) is 7.01. The van der Waals surface area contributed by atoms with E-state index in [1.807, 2.05) is 0 Å². The smallest absolute Gasteiger partial charge is 0.220 e. The van der Waals surface area contributed by atoms with Gasteiger partial charge in [0.05, 0.1) is 5.25 Å². The summed E-state index contributed by atoms with van der Waals surface area (Å²) in [5.74, 6) is 0.426. The molecule has 1 N–H and O–H groups in total. The molecule has 146 valence electrons. The van der Waals surface area contributed by atoms with Crippen molar-refractivity contribution in [2.24, 2.45) is 0 Å². The second-order valence-electron chi connectivity index (χ2n) is 8.96. The molecule has 3 fully saturated rings. The summed E-state index contributed by atoms with van der Waals surface area (Å²) in [5.41, 5.74) is 2.70. The molecular weight excluding hydrogens is 360 g/mol. The quantitative estimate of drug-likeness (QED) is 0.843. The first kappa shape index (κ1) is 17.7. The second-order valence-corrected chi connectivity index (χ2v) is 11.2. The number of fused-ring (bicyclic) bond motifs is 2. The van der Waals surface area contributed by atoms with E-state index in [4.69, 9.17) is 0 Å². The summed E-state index contributed by atoms with van der Waals surface area (Å²) in [6.07, 6.45) is 7.15. The zero-order chi connectivity index (χ0) is 18.6. The Hall–Kier alpha value is -1.40. The Bertz CT molecular complexity index is 850. The molecule has 1 spiro atoms. The molecule has 0 bridgehead atoms. The van der Waals surface area contributed by atoms with Crippen molar-refractivity contribution in [3.63, 3.8) is 0 Å². The van der Waals surface area contributed by atoms with Gasteiger partial charge in [0.1, 0.15) is 0 Å². The van der Waals surface area contributed by atoms with E-state index in [9.17, 15) is 13.2 Å². The topological polar surface area (TPSA) is 66.5 Å². The molecule has 1 heterocycles. The zero-order valence-electron chi connectivity index (χ0n) is 15.7. The van der Waals surface area contributed by atoms with Crippen LogP contribution in [0.4, 0.5) is 0 Å². The summed E-state index contributed by atoms with van der Waals surface area (Å²) in [4.78, 5) is 12.4. The Morgan fingerprint density at radius 2 is 1.81 bits per heavy atom. The largest absolute Gasteiger partial charge is 0.353 e. The standard InChI is InChI=1S/C21H28N2O3S/c24-20(22-16-5-6-16)13-15-14-21(19-4-2-1-3-18(15)19)9-11-23(12-10-21)27(25,26)17-7-8-17/h1-4,15-17H,5-14H2,(H,22,24). The Labute approximate surface area is 161 Å². The highest BCUT2D eigenvalue weighted by Crippen LogP contribution is 2.53. The number of amides is 1. The Balaban J connectivity index is 1.33. The van der Waals surface area contributed by atoms with Crippen LogP contribution in [-0.4, -0.2) is 43.0 Å². The maximum atomic E-state index is 12.6. The highest BCUT2D eigenvalue weighted by molar-refractivity contribution is 7.90. The van der Waals surface area contributed by atoms with Crippen LogP contribution in [0.25, 0.3) is 0 Å². The van der Waals surface area contributed by atoms with E-state index < -0.39 is 10.0 Å². The summed E-state index contributed by atoms with van der Waals surface area (Å²) in [7, 11) is -3.08. The number of carbonyl (C=O) groups is 1.